The van der Waals surface area contributed by atoms with E-state index >= 15 is 0 Å². The van der Waals surface area contributed by atoms with Crippen LogP contribution in [0.3, 0.4) is 0 Å². The molecule has 5 heteroatoms. The van der Waals surface area contributed by atoms with Gasteiger partial charge in [-0.1, -0.05) is 30.3 Å². The number of piperidine rings is 1. The van der Waals surface area contributed by atoms with Gasteiger partial charge in [-0.3, -0.25) is 0 Å². The Morgan fingerprint density at radius 3 is 2.68 bits per heavy atom. The fourth-order valence-electron chi connectivity index (χ4n) is 3.69. The summed E-state index contributed by atoms with van der Waals surface area (Å²) in [7, 11) is -3.13. The first-order chi connectivity index (χ1) is 9.04. The quantitative estimate of drug-likeness (QED) is 0.877. The third-order valence-electron chi connectivity index (χ3n) is 4.62. The summed E-state index contributed by atoms with van der Waals surface area (Å²) in [5.41, 5.74) is 1.28. The molecular formula is C14H20N2O2S. The van der Waals surface area contributed by atoms with Crippen molar-refractivity contribution in [2.24, 2.45) is 0 Å². The van der Waals surface area contributed by atoms with E-state index in [-0.39, 0.29) is 11.5 Å². The molecule has 1 aromatic carbocycles. The van der Waals surface area contributed by atoms with Gasteiger partial charge in [-0.05, 0) is 24.9 Å². The number of benzene rings is 1. The number of fused-ring (bicyclic) bond motifs is 1. The second-order valence-electron chi connectivity index (χ2n) is 5.62. The SMILES string of the molecule is CS(=O)(=O)N1CC[C@]2(c3ccccc3)CCNC[C@@H]12. The van der Waals surface area contributed by atoms with Gasteiger partial charge in [0.15, 0.2) is 0 Å². The van der Waals surface area contributed by atoms with Gasteiger partial charge in [0.25, 0.3) is 0 Å². The first-order valence-electron chi connectivity index (χ1n) is 6.77. The van der Waals surface area contributed by atoms with Gasteiger partial charge >= 0.3 is 0 Å². The maximum Gasteiger partial charge on any atom is 0.211 e. The Labute approximate surface area is 114 Å². The van der Waals surface area contributed by atoms with Gasteiger partial charge in [-0.15, -0.1) is 0 Å². The molecule has 1 N–H and O–H groups in total. The fourth-order valence-corrected chi connectivity index (χ4v) is 4.86. The van der Waals surface area contributed by atoms with Crippen LogP contribution in [0.1, 0.15) is 18.4 Å². The summed E-state index contributed by atoms with van der Waals surface area (Å²) >= 11 is 0. The van der Waals surface area contributed by atoms with Gasteiger partial charge in [0.05, 0.1) is 6.26 Å². The molecule has 0 aliphatic carbocycles. The predicted molar refractivity (Wildman–Crippen MR) is 75.6 cm³/mol. The average molecular weight is 280 g/mol. The van der Waals surface area contributed by atoms with Crippen LogP contribution in [0.5, 0.6) is 0 Å². The van der Waals surface area contributed by atoms with Gasteiger partial charge in [-0.25, -0.2) is 8.42 Å². The molecule has 0 unspecified atom stereocenters. The van der Waals surface area contributed by atoms with Crippen LogP contribution in [0.2, 0.25) is 0 Å². The van der Waals surface area contributed by atoms with Crippen LogP contribution in [0.15, 0.2) is 30.3 Å². The monoisotopic (exact) mass is 280 g/mol. The van der Waals surface area contributed by atoms with Crippen LogP contribution in [0.25, 0.3) is 0 Å². The van der Waals surface area contributed by atoms with Crippen LogP contribution < -0.4 is 5.32 Å². The first kappa shape index (κ1) is 13.1. The lowest BCUT2D eigenvalue weighted by Gasteiger charge is -2.42. The molecule has 104 valence electrons. The molecule has 4 nitrogen and oxygen atoms in total. The molecule has 0 radical (unpaired) electrons. The summed E-state index contributed by atoms with van der Waals surface area (Å²) in [5, 5.41) is 3.35. The molecule has 19 heavy (non-hydrogen) atoms. The summed E-state index contributed by atoms with van der Waals surface area (Å²) in [4.78, 5) is 0. The minimum atomic E-state index is -3.13. The van der Waals surface area contributed by atoms with Crippen molar-refractivity contribution in [3.63, 3.8) is 0 Å². The maximum absolute atomic E-state index is 12.0. The summed E-state index contributed by atoms with van der Waals surface area (Å²) in [6.07, 6.45) is 3.26. The van der Waals surface area contributed by atoms with E-state index in [2.05, 4.69) is 17.4 Å². The third-order valence-corrected chi connectivity index (χ3v) is 5.91. The number of sulfonamides is 1. The fraction of sp³-hybridized carbons (Fsp3) is 0.571. The zero-order valence-electron chi connectivity index (χ0n) is 11.2. The van der Waals surface area contributed by atoms with E-state index < -0.39 is 10.0 Å². The molecule has 2 fully saturated rings. The van der Waals surface area contributed by atoms with E-state index in [1.165, 1.54) is 11.8 Å². The Balaban J connectivity index is 2.04. The average Bonchev–Trinajstić information content (AvgIpc) is 2.80. The number of nitrogens with one attached hydrogen (secondary N) is 1. The van der Waals surface area contributed by atoms with E-state index in [0.717, 1.165) is 25.9 Å². The Bertz CT molecular complexity index is 558. The summed E-state index contributed by atoms with van der Waals surface area (Å²) in [5.74, 6) is 0. The van der Waals surface area contributed by atoms with E-state index in [0.29, 0.717) is 6.54 Å². The van der Waals surface area contributed by atoms with E-state index in [4.69, 9.17) is 0 Å². The highest BCUT2D eigenvalue weighted by molar-refractivity contribution is 7.88. The van der Waals surface area contributed by atoms with Crippen LogP contribution in [-0.4, -0.2) is 44.7 Å². The van der Waals surface area contributed by atoms with Crippen molar-refractivity contribution in [3.8, 4) is 0 Å². The van der Waals surface area contributed by atoms with Crippen molar-refractivity contribution in [1.29, 1.82) is 0 Å². The largest absolute Gasteiger partial charge is 0.315 e. The molecule has 0 saturated carbocycles. The minimum Gasteiger partial charge on any atom is -0.315 e. The molecule has 0 spiro atoms. The maximum atomic E-state index is 12.0. The molecular weight excluding hydrogens is 260 g/mol. The Morgan fingerprint density at radius 1 is 1.26 bits per heavy atom. The van der Waals surface area contributed by atoms with Crippen LogP contribution in [-0.2, 0) is 15.4 Å². The third kappa shape index (κ3) is 2.10. The zero-order chi connectivity index (χ0) is 13.5. The molecule has 0 amide bonds. The lowest BCUT2D eigenvalue weighted by atomic mass is 9.70. The number of hydrogen-bond acceptors (Lipinski definition) is 3. The summed E-state index contributed by atoms with van der Waals surface area (Å²) in [6, 6.07) is 10.4. The van der Waals surface area contributed by atoms with Crippen molar-refractivity contribution >= 4 is 10.0 Å². The smallest absolute Gasteiger partial charge is 0.211 e. The molecule has 3 rings (SSSR count). The zero-order valence-corrected chi connectivity index (χ0v) is 12.0. The van der Waals surface area contributed by atoms with E-state index in [1.54, 1.807) is 4.31 Å². The van der Waals surface area contributed by atoms with Crippen molar-refractivity contribution in [3.05, 3.63) is 35.9 Å². The molecule has 1 aromatic rings. The molecule has 2 aliphatic heterocycles. The van der Waals surface area contributed by atoms with Gasteiger partial charge in [0.1, 0.15) is 0 Å². The second kappa shape index (κ2) is 4.58. The molecule has 2 atom stereocenters. The molecule has 0 bridgehead atoms. The number of hydrogen-bond donors (Lipinski definition) is 1. The highest BCUT2D eigenvalue weighted by Gasteiger charge is 2.52. The Morgan fingerprint density at radius 2 is 2.00 bits per heavy atom. The van der Waals surface area contributed by atoms with Crippen LogP contribution in [0.4, 0.5) is 0 Å². The molecule has 2 heterocycles. The van der Waals surface area contributed by atoms with E-state index in [1.807, 2.05) is 18.2 Å². The lowest BCUT2D eigenvalue weighted by molar-refractivity contribution is 0.234. The lowest BCUT2D eigenvalue weighted by Crippen LogP contribution is -2.55. The van der Waals surface area contributed by atoms with Crippen molar-refractivity contribution < 1.29 is 8.42 Å². The van der Waals surface area contributed by atoms with Gasteiger partial charge in [-0.2, -0.15) is 4.31 Å². The Hall–Kier alpha value is -0.910. The normalized spacial score (nSPS) is 32.2. The highest BCUT2D eigenvalue weighted by atomic mass is 32.2. The predicted octanol–water partition coefficient (Wildman–Crippen LogP) is 0.952. The van der Waals surface area contributed by atoms with Gasteiger partial charge in [0, 0.05) is 24.5 Å². The topological polar surface area (TPSA) is 49.4 Å². The minimum absolute atomic E-state index is 0.00437. The Kier molecular flexibility index (Phi) is 3.15. The molecule has 0 aromatic heterocycles. The van der Waals surface area contributed by atoms with Gasteiger partial charge < -0.3 is 5.32 Å². The van der Waals surface area contributed by atoms with Crippen LogP contribution >= 0.6 is 0 Å². The standard InChI is InChI=1S/C14H20N2O2S/c1-19(17,18)16-10-8-14(7-9-15-11-13(14)16)12-5-3-2-4-6-12/h2-6,13,15H,7-11H2,1H3/t13-,14+/m1/s1. The summed E-state index contributed by atoms with van der Waals surface area (Å²) < 4.78 is 25.6. The first-order valence-corrected chi connectivity index (χ1v) is 8.62. The van der Waals surface area contributed by atoms with Crippen molar-refractivity contribution in [1.82, 2.24) is 9.62 Å². The van der Waals surface area contributed by atoms with Crippen LogP contribution in [0, 0.1) is 0 Å². The second-order valence-corrected chi connectivity index (χ2v) is 7.55. The van der Waals surface area contributed by atoms with Crippen molar-refractivity contribution in [2.45, 2.75) is 24.3 Å². The van der Waals surface area contributed by atoms with E-state index in [9.17, 15) is 8.42 Å². The van der Waals surface area contributed by atoms with Crippen molar-refractivity contribution in [2.75, 3.05) is 25.9 Å². The number of nitrogens with zero attached hydrogens (tertiary/aromatic N) is 1. The van der Waals surface area contributed by atoms with Gasteiger partial charge in [0.2, 0.25) is 10.0 Å². The molecule has 2 saturated heterocycles. The number of rotatable bonds is 2. The molecule has 2 aliphatic rings. The highest BCUT2D eigenvalue weighted by Crippen LogP contribution is 2.44. The summed E-state index contributed by atoms with van der Waals surface area (Å²) in [6.45, 7) is 2.35.